The number of allylic oxidation sites excluding steroid dienone is 28. The van der Waals surface area contributed by atoms with Crippen LogP contribution in [0, 0.1) is 0 Å². The van der Waals surface area contributed by atoms with Gasteiger partial charge in [-0.2, -0.15) is 0 Å². The van der Waals surface area contributed by atoms with Crippen LogP contribution in [0.5, 0.6) is 0 Å². The quantitative estimate of drug-likeness (QED) is 0.0169. The zero-order valence-corrected chi connectivity index (χ0v) is 70.4. The van der Waals surface area contributed by atoms with Crippen LogP contribution in [0.2, 0.25) is 0 Å². The van der Waals surface area contributed by atoms with Crippen LogP contribution in [0.4, 0.5) is 0 Å². The van der Waals surface area contributed by atoms with Gasteiger partial charge in [-0.05, 0) is 173 Å². The lowest BCUT2D eigenvalue weighted by atomic mass is 10.1. The van der Waals surface area contributed by atoms with Crippen LogP contribution in [0.15, 0.2) is 170 Å². The second-order valence-electron chi connectivity index (χ2n) is 27.6. The number of hydrogen-bond donors (Lipinski definition) is 3. The fourth-order valence-electron chi connectivity index (χ4n) is 10.8. The van der Waals surface area contributed by atoms with Crippen molar-refractivity contribution in [3.05, 3.63) is 170 Å². The van der Waals surface area contributed by atoms with E-state index in [9.17, 15) is 43.2 Å². The molecule has 0 aliphatic rings. The minimum absolute atomic E-state index is 0.0574. The van der Waals surface area contributed by atoms with Crippen molar-refractivity contribution in [2.45, 2.75) is 341 Å². The third kappa shape index (κ3) is 80.5. The van der Waals surface area contributed by atoms with Gasteiger partial charge in [0, 0.05) is 25.7 Å². The maximum absolute atomic E-state index is 13.1. The van der Waals surface area contributed by atoms with E-state index >= 15 is 0 Å². The van der Waals surface area contributed by atoms with E-state index in [0.29, 0.717) is 25.7 Å². The standard InChI is InChI=1S/C91H150O17P2/c1-5-9-13-17-21-25-29-33-37-40-42-45-48-51-55-59-63-67-71-75-88(93)101-81-86(107-90(95)77-73-69-65-61-57-53-47-36-32-28-24-20-16-12-8-4)83-105-109(97,98)103-79-85(92)80-104-110(99,100)106-84-87(108-91(96)78-74-70-66-62-58-54-50-44-39-35-31-27-23-19-15-11-7-3)82-102-89(94)76-72-68-64-60-56-52-49-46-43-41-38-34-30-26-22-18-14-10-6-2/h9-11,13-15,21-28,33-39,42-43,45-47,50,54,85-87,92H,5-8,12,16-20,29-32,40-41,44,48-49,51-53,55-84H2,1-4H3,(H,97,98)(H,99,100)/b13-9-,14-10-,15-11-,25-21-,26-22-,27-23-,28-24-,37-33-,38-34-,39-35-,45-42-,46-43-,47-36-,54-50-. The van der Waals surface area contributed by atoms with Crippen molar-refractivity contribution in [1.82, 2.24) is 0 Å². The summed E-state index contributed by atoms with van der Waals surface area (Å²) < 4.78 is 68.8. The zero-order chi connectivity index (χ0) is 80.3. The van der Waals surface area contributed by atoms with E-state index in [2.05, 4.69) is 198 Å². The molecule has 0 saturated heterocycles. The van der Waals surface area contributed by atoms with Crippen LogP contribution >= 0.6 is 15.6 Å². The lowest BCUT2D eigenvalue weighted by molar-refractivity contribution is -0.161. The van der Waals surface area contributed by atoms with Gasteiger partial charge in [-0.3, -0.25) is 37.3 Å². The Bertz CT molecular complexity index is 2750. The van der Waals surface area contributed by atoms with Gasteiger partial charge < -0.3 is 33.8 Å². The topological polar surface area (TPSA) is 237 Å². The van der Waals surface area contributed by atoms with Crippen molar-refractivity contribution in [1.29, 1.82) is 0 Å². The largest absolute Gasteiger partial charge is 0.472 e. The number of ether oxygens (including phenoxy) is 4. The van der Waals surface area contributed by atoms with Crippen LogP contribution in [0.25, 0.3) is 0 Å². The first-order chi connectivity index (χ1) is 53.7. The van der Waals surface area contributed by atoms with E-state index in [1.54, 1.807) is 0 Å². The highest BCUT2D eigenvalue weighted by molar-refractivity contribution is 7.47. The third-order valence-corrected chi connectivity index (χ3v) is 19.1. The van der Waals surface area contributed by atoms with Crippen molar-refractivity contribution < 1.29 is 80.2 Å². The summed E-state index contributed by atoms with van der Waals surface area (Å²) in [7, 11) is -10.00. The van der Waals surface area contributed by atoms with Gasteiger partial charge in [0.15, 0.2) is 12.2 Å². The van der Waals surface area contributed by atoms with Gasteiger partial charge in [0.05, 0.1) is 26.4 Å². The second kappa shape index (κ2) is 81.4. The molecule has 0 radical (unpaired) electrons. The first-order valence-electron chi connectivity index (χ1n) is 42.4. The van der Waals surface area contributed by atoms with Crippen LogP contribution in [-0.2, 0) is 65.4 Å². The monoisotopic (exact) mass is 1580 g/mol. The molecule has 5 unspecified atom stereocenters. The second-order valence-corrected chi connectivity index (χ2v) is 30.5. The number of phosphoric acid groups is 2. The summed E-state index contributed by atoms with van der Waals surface area (Å²) in [4.78, 5) is 73.3. The van der Waals surface area contributed by atoms with E-state index in [1.807, 2.05) is 0 Å². The molecule has 0 amide bonds. The Balaban J connectivity index is 5.44. The van der Waals surface area contributed by atoms with Crippen LogP contribution in [0.1, 0.15) is 323 Å². The number of carbonyl (C=O) groups is 4. The van der Waals surface area contributed by atoms with E-state index in [0.717, 1.165) is 225 Å². The van der Waals surface area contributed by atoms with E-state index in [-0.39, 0.29) is 25.7 Å². The number of esters is 4. The third-order valence-electron chi connectivity index (χ3n) is 17.2. The molecule has 0 aromatic heterocycles. The summed E-state index contributed by atoms with van der Waals surface area (Å²) in [6.07, 6.45) is 97.4. The average Bonchev–Trinajstić information content (AvgIpc) is 0.906. The maximum Gasteiger partial charge on any atom is 0.472 e. The molecule has 0 rings (SSSR count). The van der Waals surface area contributed by atoms with Crippen LogP contribution in [0.3, 0.4) is 0 Å². The molecule has 0 spiro atoms. The fourth-order valence-corrected chi connectivity index (χ4v) is 12.4. The van der Waals surface area contributed by atoms with E-state index in [1.165, 1.54) is 19.3 Å². The van der Waals surface area contributed by atoms with Gasteiger partial charge in [-0.25, -0.2) is 9.13 Å². The van der Waals surface area contributed by atoms with E-state index in [4.69, 9.17) is 37.0 Å². The average molecular weight is 1580 g/mol. The Hall–Kier alpha value is -5.58. The molecule has 0 aliphatic heterocycles. The van der Waals surface area contributed by atoms with Gasteiger partial charge >= 0.3 is 39.5 Å². The molecule has 626 valence electrons. The Labute approximate surface area is 667 Å². The van der Waals surface area contributed by atoms with Crippen molar-refractivity contribution >= 4 is 39.5 Å². The van der Waals surface area contributed by atoms with E-state index < -0.39 is 97.5 Å². The molecule has 0 fully saturated rings. The number of hydrogen-bond acceptors (Lipinski definition) is 15. The van der Waals surface area contributed by atoms with Gasteiger partial charge in [0.1, 0.15) is 19.3 Å². The molecular weight excluding hydrogens is 1430 g/mol. The summed E-state index contributed by atoms with van der Waals surface area (Å²) in [6.45, 7) is 4.45. The first-order valence-corrected chi connectivity index (χ1v) is 45.4. The normalized spacial score (nSPS) is 14.6. The van der Waals surface area contributed by atoms with Crippen molar-refractivity contribution in [3.8, 4) is 0 Å². The van der Waals surface area contributed by atoms with Gasteiger partial charge in [-0.1, -0.05) is 294 Å². The summed E-state index contributed by atoms with van der Waals surface area (Å²) in [5, 5.41) is 10.7. The smallest absolute Gasteiger partial charge is 0.462 e. The fraction of sp³-hybridized carbons (Fsp3) is 0.648. The predicted molar refractivity (Wildman–Crippen MR) is 454 cm³/mol. The highest BCUT2D eigenvalue weighted by Gasteiger charge is 2.30. The summed E-state index contributed by atoms with van der Waals surface area (Å²) in [5.41, 5.74) is 0. The Morgan fingerprint density at radius 1 is 0.264 bits per heavy atom. The Kier molecular flexibility index (Phi) is 77.3. The van der Waals surface area contributed by atoms with Crippen molar-refractivity contribution in [2.75, 3.05) is 39.6 Å². The molecule has 17 nitrogen and oxygen atoms in total. The molecule has 0 heterocycles. The Morgan fingerprint density at radius 2 is 0.473 bits per heavy atom. The Morgan fingerprint density at radius 3 is 0.727 bits per heavy atom. The molecule has 5 atom stereocenters. The molecule has 0 saturated carbocycles. The number of unbranched alkanes of at least 4 members (excludes halogenated alkanes) is 24. The lowest BCUT2D eigenvalue weighted by Crippen LogP contribution is -2.30. The number of phosphoric ester groups is 2. The zero-order valence-electron chi connectivity index (χ0n) is 68.6. The number of aliphatic hydroxyl groups excluding tert-OH is 1. The molecule has 19 heteroatoms. The van der Waals surface area contributed by atoms with Gasteiger partial charge in [0.2, 0.25) is 0 Å². The highest BCUT2D eigenvalue weighted by atomic mass is 31.2. The van der Waals surface area contributed by atoms with Gasteiger partial charge in [0.25, 0.3) is 0 Å². The van der Waals surface area contributed by atoms with Gasteiger partial charge in [-0.15, -0.1) is 0 Å². The lowest BCUT2D eigenvalue weighted by Gasteiger charge is -2.21. The summed E-state index contributed by atoms with van der Waals surface area (Å²) in [6, 6.07) is 0. The maximum atomic E-state index is 13.1. The summed E-state index contributed by atoms with van der Waals surface area (Å²) >= 11 is 0. The SMILES string of the molecule is CC/C=C\C/C=C\C/C=C\C/C=C\CCCCCCCCC(=O)OCC(COP(=O)(O)OCC(O)COP(=O)(O)OCC(COC(=O)CCCCCCCC/C=C\C/C=C\C/C=C\C/C=C\CC)OC(=O)CCCCCCC/C=C\C/C=C\CCCCC)OC(=O)CCCCCC/C=C\C/C=C\C/C=C\C/C=C\CC. The van der Waals surface area contributed by atoms with Crippen LogP contribution in [-0.4, -0.2) is 96.7 Å². The highest BCUT2D eigenvalue weighted by Crippen LogP contribution is 2.45. The van der Waals surface area contributed by atoms with Crippen LogP contribution < -0.4 is 0 Å². The summed E-state index contributed by atoms with van der Waals surface area (Å²) in [5.74, 6) is -2.25. The molecule has 0 aromatic rings. The number of rotatable bonds is 78. The molecular formula is C91H150O17P2. The molecule has 0 aliphatic carbocycles. The number of carbonyl (C=O) groups excluding carboxylic acids is 4. The number of aliphatic hydroxyl groups is 1. The van der Waals surface area contributed by atoms with Crippen molar-refractivity contribution in [3.63, 3.8) is 0 Å². The molecule has 110 heavy (non-hydrogen) atoms. The molecule has 3 N–H and O–H groups in total. The first kappa shape index (κ1) is 104. The van der Waals surface area contributed by atoms with Crippen molar-refractivity contribution in [2.24, 2.45) is 0 Å². The molecule has 0 aromatic carbocycles. The molecule has 0 bridgehead atoms. The minimum Gasteiger partial charge on any atom is -0.462 e. The predicted octanol–water partition coefficient (Wildman–Crippen LogP) is 25.3. The minimum atomic E-state index is -5.00.